The molecule has 6 heteroatoms. The average molecular weight is 401 g/mol. The first-order valence-corrected chi connectivity index (χ1v) is 9.18. The highest BCUT2D eigenvalue weighted by atomic mass is 79.9. The van der Waals surface area contributed by atoms with Crippen LogP contribution in [0.1, 0.15) is 35.8 Å². The van der Waals surface area contributed by atoms with Gasteiger partial charge in [-0.25, -0.2) is 0 Å². The van der Waals surface area contributed by atoms with Crippen molar-refractivity contribution in [3.63, 3.8) is 0 Å². The van der Waals surface area contributed by atoms with Crippen LogP contribution in [0.3, 0.4) is 0 Å². The van der Waals surface area contributed by atoms with Gasteiger partial charge in [0.25, 0.3) is 0 Å². The fourth-order valence-corrected chi connectivity index (χ4v) is 4.87. The number of hydrogen-bond donors (Lipinski definition) is 3. The van der Waals surface area contributed by atoms with E-state index in [1.54, 1.807) is 12.1 Å². The van der Waals surface area contributed by atoms with E-state index in [1.807, 2.05) is 12.1 Å². The molecule has 2 bridgehead atoms. The number of rotatable bonds is 3. The van der Waals surface area contributed by atoms with E-state index in [4.69, 9.17) is 0 Å². The second-order valence-electron chi connectivity index (χ2n) is 7.19. The molecule has 5 nitrogen and oxygen atoms in total. The first-order valence-electron chi connectivity index (χ1n) is 8.39. The minimum absolute atomic E-state index is 0.0292. The van der Waals surface area contributed by atoms with Crippen molar-refractivity contribution in [3.05, 3.63) is 52.0 Å². The largest absolute Gasteiger partial charge is 0.494 e. The summed E-state index contributed by atoms with van der Waals surface area (Å²) in [6.07, 6.45) is 6.55. The van der Waals surface area contributed by atoms with Crippen molar-refractivity contribution in [2.24, 2.45) is 5.41 Å². The lowest BCUT2D eigenvalue weighted by Gasteiger charge is -2.16. The number of hydrogen-bond acceptors (Lipinski definition) is 3. The fraction of sp³-hybridized carbons (Fsp3) is 0.316. The number of nitrogens with zero attached hydrogens (tertiary/aromatic N) is 1. The molecule has 2 atom stereocenters. The number of aromatic hydroxyl groups is 2. The van der Waals surface area contributed by atoms with Crippen molar-refractivity contribution < 1.29 is 15.0 Å². The molecule has 1 saturated carbocycles. The van der Waals surface area contributed by atoms with Crippen molar-refractivity contribution in [3.8, 4) is 11.8 Å². The Balaban J connectivity index is 1.41. The smallest absolute Gasteiger partial charge is 0.244 e. The zero-order valence-corrected chi connectivity index (χ0v) is 15.0. The van der Waals surface area contributed by atoms with Gasteiger partial charge in [0, 0.05) is 33.1 Å². The maximum absolute atomic E-state index is 12.3. The Hall–Kier alpha value is -2.21. The topological polar surface area (TPSA) is 74.5 Å². The summed E-state index contributed by atoms with van der Waals surface area (Å²) < 4.78 is 2.25. The van der Waals surface area contributed by atoms with Gasteiger partial charge in [-0.05, 0) is 42.5 Å². The summed E-state index contributed by atoms with van der Waals surface area (Å²) in [5.74, 6) is 0.120. The van der Waals surface area contributed by atoms with E-state index >= 15 is 0 Å². The number of halogens is 1. The number of anilines is 1. The third-order valence-electron chi connectivity index (χ3n) is 5.90. The molecule has 3 aliphatic carbocycles. The Morgan fingerprint density at radius 3 is 2.20 bits per heavy atom. The van der Waals surface area contributed by atoms with E-state index < -0.39 is 0 Å². The van der Waals surface area contributed by atoms with Gasteiger partial charge in [-0.2, -0.15) is 0 Å². The van der Waals surface area contributed by atoms with E-state index in [0.717, 1.165) is 28.4 Å². The zero-order valence-electron chi connectivity index (χ0n) is 13.4. The molecule has 1 heterocycles. The lowest BCUT2D eigenvalue weighted by Crippen LogP contribution is -2.19. The second kappa shape index (κ2) is 4.91. The molecular weight excluding hydrogens is 384 g/mol. The molecule has 1 spiro atoms. The Morgan fingerprint density at radius 1 is 1.12 bits per heavy atom. The number of amides is 1. The number of carbonyl (C=O) groups is 1. The van der Waals surface area contributed by atoms with Crippen LogP contribution in [0.25, 0.3) is 0 Å². The van der Waals surface area contributed by atoms with E-state index in [9.17, 15) is 15.0 Å². The summed E-state index contributed by atoms with van der Waals surface area (Å²) >= 11 is 3.35. The lowest BCUT2D eigenvalue weighted by atomic mass is 9.90. The number of carbonyl (C=O) groups excluding carboxylic acids is 1. The highest BCUT2D eigenvalue weighted by Gasteiger charge is 2.64. The standard InChI is InChI=1S/C19H17BrN2O3/c20-10-1-3-11(4-2-10)21-14(23)9-22-17(24)15-12-5-6-13(16(15)18(22)25)19(12)7-8-19/h1-6,12-13,24-25H,7-9H2,(H,21,23). The number of aromatic nitrogens is 1. The quantitative estimate of drug-likeness (QED) is 0.685. The van der Waals surface area contributed by atoms with Gasteiger partial charge in [-0.3, -0.25) is 9.36 Å². The van der Waals surface area contributed by atoms with Gasteiger partial charge in [0.05, 0.1) is 0 Å². The number of fused-ring (bicyclic) bond motifs is 3. The summed E-state index contributed by atoms with van der Waals surface area (Å²) in [5.41, 5.74) is 2.50. The van der Waals surface area contributed by atoms with Gasteiger partial charge in [0.2, 0.25) is 5.91 Å². The molecule has 2 aromatic rings. The van der Waals surface area contributed by atoms with Crippen molar-refractivity contribution in [2.75, 3.05) is 5.32 Å². The Morgan fingerprint density at radius 2 is 1.68 bits per heavy atom. The monoisotopic (exact) mass is 400 g/mol. The second-order valence-corrected chi connectivity index (χ2v) is 8.10. The van der Waals surface area contributed by atoms with E-state index in [-0.39, 0.29) is 41.5 Å². The number of allylic oxidation sites excluding steroid dienone is 2. The minimum Gasteiger partial charge on any atom is -0.494 e. The normalized spacial score (nSPS) is 23.9. The average Bonchev–Trinajstić information content (AvgIpc) is 3.20. The van der Waals surface area contributed by atoms with Crippen molar-refractivity contribution >= 4 is 27.5 Å². The van der Waals surface area contributed by atoms with Crippen LogP contribution >= 0.6 is 15.9 Å². The molecule has 5 rings (SSSR count). The molecule has 0 radical (unpaired) electrons. The van der Waals surface area contributed by atoms with Gasteiger partial charge in [0.15, 0.2) is 11.8 Å². The van der Waals surface area contributed by atoms with Gasteiger partial charge >= 0.3 is 0 Å². The van der Waals surface area contributed by atoms with Gasteiger partial charge in [-0.15, -0.1) is 0 Å². The molecule has 1 aromatic heterocycles. The fourth-order valence-electron chi connectivity index (χ4n) is 4.61. The summed E-state index contributed by atoms with van der Waals surface area (Å²) in [7, 11) is 0. The van der Waals surface area contributed by atoms with E-state index in [2.05, 4.69) is 33.4 Å². The highest BCUT2D eigenvalue weighted by molar-refractivity contribution is 9.10. The predicted octanol–water partition coefficient (Wildman–Crippen LogP) is 3.83. The van der Waals surface area contributed by atoms with E-state index in [1.165, 1.54) is 4.57 Å². The Labute approximate surface area is 153 Å². The van der Waals surface area contributed by atoms with Crippen LogP contribution in [-0.2, 0) is 11.3 Å². The summed E-state index contributed by atoms with van der Waals surface area (Å²) in [6.45, 7) is -0.118. The Kier molecular flexibility index (Phi) is 2.96. The highest BCUT2D eigenvalue weighted by Crippen LogP contribution is 2.76. The lowest BCUT2D eigenvalue weighted by molar-refractivity contribution is -0.116. The molecule has 0 saturated heterocycles. The molecular formula is C19H17BrN2O3. The summed E-state index contributed by atoms with van der Waals surface area (Å²) in [6, 6.07) is 7.26. The predicted molar refractivity (Wildman–Crippen MR) is 96.8 cm³/mol. The van der Waals surface area contributed by atoms with Gasteiger partial charge in [0.1, 0.15) is 6.54 Å². The summed E-state index contributed by atoms with van der Waals surface area (Å²) in [4.78, 5) is 12.3. The third kappa shape index (κ3) is 1.97. The van der Waals surface area contributed by atoms with Crippen LogP contribution in [-0.4, -0.2) is 20.7 Å². The molecule has 0 aliphatic heterocycles. The number of nitrogens with one attached hydrogen (secondary N) is 1. The maximum Gasteiger partial charge on any atom is 0.244 e. The molecule has 128 valence electrons. The third-order valence-corrected chi connectivity index (χ3v) is 6.43. The van der Waals surface area contributed by atoms with Crippen molar-refractivity contribution in [1.29, 1.82) is 0 Å². The zero-order chi connectivity index (χ0) is 17.3. The first kappa shape index (κ1) is 15.1. The van der Waals surface area contributed by atoms with Gasteiger partial charge < -0.3 is 15.5 Å². The van der Waals surface area contributed by atoms with Crippen LogP contribution in [0.2, 0.25) is 0 Å². The molecule has 1 amide bonds. The number of benzene rings is 1. The molecule has 3 N–H and O–H groups in total. The van der Waals surface area contributed by atoms with Crippen LogP contribution in [0.5, 0.6) is 11.8 Å². The Bertz CT molecular complexity index is 886. The molecule has 2 unspecified atom stereocenters. The summed E-state index contributed by atoms with van der Waals surface area (Å²) in [5, 5.41) is 24.1. The van der Waals surface area contributed by atoms with Crippen molar-refractivity contribution in [1.82, 2.24) is 4.57 Å². The minimum atomic E-state index is -0.289. The maximum atomic E-state index is 12.3. The molecule has 25 heavy (non-hydrogen) atoms. The molecule has 1 aromatic carbocycles. The SMILES string of the molecule is O=C(Cn1c(O)c2c(c1O)C1C=CC2C12CC2)Nc1ccc(Br)cc1. The van der Waals surface area contributed by atoms with E-state index in [0.29, 0.717) is 5.69 Å². The van der Waals surface area contributed by atoms with Crippen molar-refractivity contribution in [2.45, 2.75) is 31.2 Å². The van der Waals surface area contributed by atoms with Crippen LogP contribution < -0.4 is 5.32 Å². The van der Waals surface area contributed by atoms with Gasteiger partial charge in [-0.1, -0.05) is 28.1 Å². The van der Waals surface area contributed by atoms with Crippen LogP contribution in [0.4, 0.5) is 5.69 Å². The van der Waals surface area contributed by atoms with Crippen LogP contribution in [0.15, 0.2) is 40.9 Å². The van der Waals surface area contributed by atoms with Crippen LogP contribution in [0, 0.1) is 5.41 Å². The molecule has 3 aliphatic rings. The molecule has 1 fully saturated rings. The first-order chi connectivity index (χ1) is 12.0.